The van der Waals surface area contributed by atoms with E-state index in [-0.39, 0.29) is 0 Å². The summed E-state index contributed by atoms with van der Waals surface area (Å²) in [7, 11) is 1.72. The highest BCUT2D eigenvalue weighted by atomic mass is 16.7. The van der Waals surface area contributed by atoms with E-state index in [2.05, 4.69) is 50.3 Å². The van der Waals surface area contributed by atoms with E-state index < -0.39 is 0 Å². The third kappa shape index (κ3) is 3.99. The van der Waals surface area contributed by atoms with Crippen molar-refractivity contribution in [1.29, 1.82) is 0 Å². The zero-order valence-corrected chi connectivity index (χ0v) is 20.4. The lowest BCUT2D eigenvalue weighted by atomic mass is 9.47. The molecule has 0 unspecified atom stereocenters. The molecular weight excluding hydrogens is 396 g/mol. The molecule has 0 spiro atoms. The average Bonchev–Trinajstić information content (AvgIpc) is 3.14. The molecule has 3 nitrogen and oxygen atoms in total. The Morgan fingerprint density at radius 2 is 1.81 bits per heavy atom. The summed E-state index contributed by atoms with van der Waals surface area (Å²) in [6.07, 6.45) is 13.3. The van der Waals surface area contributed by atoms with Gasteiger partial charge < -0.3 is 14.2 Å². The van der Waals surface area contributed by atoms with Crippen LogP contribution in [0.1, 0.15) is 70.8 Å². The van der Waals surface area contributed by atoms with Crippen LogP contribution in [0.25, 0.3) is 0 Å². The van der Waals surface area contributed by atoms with E-state index >= 15 is 0 Å². The first kappa shape index (κ1) is 22.6. The second-order valence-electron chi connectivity index (χ2n) is 11.5. The molecular formula is C29H42O3. The maximum Gasteiger partial charge on any atom is 0.146 e. The summed E-state index contributed by atoms with van der Waals surface area (Å²) in [5.74, 6) is 3.29. The summed E-state index contributed by atoms with van der Waals surface area (Å²) < 4.78 is 17.4. The highest BCUT2D eigenvalue weighted by Crippen LogP contribution is 2.66. The molecule has 3 saturated carbocycles. The number of allylic oxidation sites excluding steroid dienone is 1. The van der Waals surface area contributed by atoms with Gasteiger partial charge >= 0.3 is 0 Å². The molecule has 5 rings (SSSR count). The largest absolute Gasteiger partial charge is 0.376 e. The van der Waals surface area contributed by atoms with Gasteiger partial charge in [0.2, 0.25) is 0 Å². The molecule has 4 aliphatic rings. The van der Waals surface area contributed by atoms with Crippen molar-refractivity contribution in [3.05, 3.63) is 47.5 Å². The van der Waals surface area contributed by atoms with Crippen LogP contribution in [0.3, 0.4) is 0 Å². The van der Waals surface area contributed by atoms with Crippen LogP contribution in [0.15, 0.2) is 42.0 Å². The van der Waals surface area contributed by atoms with Crippen molar-refractivity contribution in [2.75, 3.05) is 20.5 Å². The second kappa shape index (κ2) is 9.24. The van der Waals surface area contributed by atoms with Crippen molar-refractivity contribution in [2.45, 2.75) is 77.9 Å². The molecule has 0 saturated heterocycles. The summed E-state index contributed by atoms with van der Waals surface area (Å²) in [6, 6.07) is 10.6. The highest BCUT2D eigenvalue weighted by molar-refractivity contribution is 5.25. The molecule has 7 atom stereocenters. The number of ether oxygens (including phenoxy) is 3. The fraction of sp³-hybridized carbons (Fsp3) is 0.724. The predicted molar refractivity (Wildman–Crippen MR) is 128 cm³/mol. The SMILES string of the molecule is COCO[C@H]1CC[C@@]2(C)C(=CC[C@H]3[C@@H]4CC[C@H](COCc5ccccc5)[C@@]4(C)CC[C@@H]32)C1. The molecule has 0 aromatic heterocycles. The first-order chi connectivity index (χ1) is 15.5. The third-order valence-corrected chi connectivity index (χ3v) is 10.1. The average molecular weight is 439 g/mol. The lowest BCUT2D eigenvalue weighted by Crippen LogP contribution is -2.50. The quantitative estimate of drug-likeness (QED) is 0.347. The van der Waals surface area contributed by atoms with Gasteiger partial charge in [-0.2, -0.15) is 0 Å². The van der Waals surface area contributed by atoms with Crippen LogP contribution in [0.5, 0.6) is 0 Å². The first-order valence-electron chi connectivity index (χ1n) is 13.0. The van der Waals surface area contributed by atoms with Gasteiger partial charge in [0.15, 0.2) is 0 Å². The van der Waals surface area contributed by atoms with Crippen molar-refractivity contribution >= 4 is 0 Å². The summed E-state index contributed by atoms with van der Waals surface area (Å²) >= 11 is 0. The van der Waals surface area contributed by atoms with Crippen LogP contribution in [0, 0.1) is 34.5 Å². The van der Waals surface area contributed by atoms with Gasteiger partial charge in [0.05, 0.1) is 19.3 Å². The molecule has 3 fully saturated rings. The zero-order valence-electron chi connectivity index (χ0n) is 20.4. The van der Waals surface area contributed by atoms with Crippen molar-refractivity contribution in [2.24, 2.45) is 34.5 Å². The Bertz CT molecular complexity index is 804. The zero-order chi connectivity index (χ0) is 22.2. The smallest absolute Gasteiger partial charge is 0.146 e. The molecule has 1 aromatic rings. The Morgan fingerprint density at radius 1 is 0.969 bits per heavy atom. The number of fused-ring (bicyclic) bond motifs is 5. The maximum atomic E-state index is 6.27. The lowest BCUT2D eigenvalue weighted by molar-refractivity contribution is -0.0992. The Kier molecular flexibility index (Phi) is 6.53. The van der Waals surface area contributed by atoms with Gasteiger partial charge in [-0.15, -0.1) is 0 Å². The Morgan fingerprint density at radius 3 is 2.62 bits per heavy atom. The summed E-state index contributed by atoms with van der Waals surface area (Å²) in [5.41, 5.74) is 3.83. The van der Waals surface area contributed by atoms with E-state index in [4.69, 9.17) is 14.2 Å². The molecule has 0 heterocycles. The van der Waals surface area contributed by atoms with Crippen LogP contribution >= 0.6 is 0 Å². The van der Waals surface area contributed by atoms with E-state index in [0.29, 0.717) is 29.6 Å². The lowest BCUT2D eigenvalue weighted by Gasteiger charge is -2.58. The molecule has 176 valence electrons. The number of hydrogen-bond acceptors (Lipinski definition) is 3. The molecule has 0 radical (unpaired) electrons. The van der Waals surface area contributed by atoms with Crippen LogP contribution in [-0.2, 0) is 20.8 Å². The standard InChI is InChI=1S/C29H42O3/c1-28-15-13-24(32-20-30-3)17-22(28)9-11-25-26-12-10-23(29(26,2)16-14-27(25)28)19-31-18-21-7-5-4-6-8-21/h4-9,23-27H,10-20H2,1-3H3/t23-,24+,25+,26+,27+,28+,29-/m1/s1. The van der Waals surface area contributed by atoms with Gasteiger partial charge in [0.25, 0.3) is 0 Å². The van der Waals surface area contributed by atoms with Crippen molar-refractivity contribution in [1.82, 2.24) is 0 Å². The molecule has 32 heavy (non-hydrogen) atoms. The Labute approximate surface area is 194 Å². The van der Waals surface area contributed by atoms with E-state index in [1.54, 1.807) is 12.7 Å². The Balaban J connectivity index is 1.25. The molecule has 1 aromatic carbocycles. The molecule has 0 bridgehead atoms. The Hall–Kier alpha value is -1.16. The highest BCUT2D eigenvalue weighted by Gasteiger charge is 2.58. The number of hydrogen-bond donors (Lipinski definition) is 0. The van der Waals surface area contributed by atoms with Crippen LogP contribution in [0.4, 0.5) is 0 Å². The number of methoxy groups -OCH3 is 1. The van der Waals surface area contributed by atoms with Gasteiger partial charge in [-0.05, 0) is 91.4 Å². The van der Waals surface area contributed by atoms with Crippen molar-refractivity contribution in [3.8, 4) is 0 Å². The fourth-order valence-corrected chi connectivity index (χ4v) is 8.21. The topological polar surface area (TPSA) is 27.7 Å². The molecule has 3 heteroatoms. The summed E-state index contributed by atoms with van der Waals surface area (Å²) in [4.78, 5) is 0. The minimum Gasteiger partial charge on any atom is -0.376 e. The molecule has 0 N–H and O–H groups in total. The van der Waals surface area contributed by atoms with Gasteiger partial charge in [0, 0.05) is 7.11 Å². The van der Waals surface area contributed by atoms with E-state index in [1.165, 1.54) is 50.5 Å². The van der Waals surface area contributed by atoms with Crippen molar-refractivity contribution < 1.29 is 14.2 Å². The minimum atomic E-state index is 0.345. The molecule has 0 amide bonds. The number of benzene rings is 1. The molecule has 4 aliphatic carbocycles. The first-order valence-corrected chi connectivity index (χ1v) is 13.0. The van der Waals surface area contributed by atoms with Crippen LogP contribution in [0.2, 0.25) is 0 Å². The van der Waals surface area contributed by atoms with E-state index in [9.17, 15) is 0 Å². The summed E-state index contributed by atoms with van der Waals surface area (Å²) in [6.45, 7) is 7.29. The van der Waals surface area contributed by atoms with Crippen LogP contribution in [-0.4, -0.2) is 26.6 Å². The fourth-order valence-electron chi connectivity index (χ4n) is 8.21. The predicted octanol–water partition coefficient (Wildman–Crippen LogP) is 6.77. The van der Waals surface area contributed by atoms with Crippen LogP contribution < -0.4 is 0 Å². The van der Waals surface area contributed by atoms with Crippen molar-refractivity contribution in [3.63, 3.8) is 0 Å². The monoisotopic (exact) mass is 438 g/mol. The normalized spacial score (nSPS) is 40.8. The van der Waals surface area contributed by atoms with Gasteiger partial charge in [-0.25, -0.2) is 0 Å². The van der Waals surface area contributed by atoms with Gasteiger partial charge in [-0.1, -0.05) is 55.8 Å². The van der Waals surface area contributed by atoms with Gasteiger partial charge in [0.1, 0.15) is 6.79 Å². The second-order valence-corrected chi connectivity index (χ2v) is 11.5. The minimum absolute atomic E-state index is 0.345. The third-order valence-electron chi connectivity index (χ3n) is 10.1. The van der Waals surface area contributed by atoms with Gasteiger partial charge in [-0.3, -0.25) is 0 Å². The van der Waals surface area contributed by atoms with E-state index in [0.717, 1.165) is 37.4 Å². The molecule has 0 aliphatic heterocycles. The van der Waals surface area contributed by atoms with E-state index in [1.807, 2.05) is 0 Å². The number of rotatable bonds is 7. The maximum absolute atomic E-state index is 6.27. The summed E-state index contributed by atoms with van der Waals surface area (Å²) in [5, 5.41) is 0.